The molecule has 16 heavy (non-hydrogen) atoms. The van der Waals surface area contributed by atoms with Crippen LogP contribution in [0.3, 0.4) is 0 Å². The number of halogens is 1. The molecule has 1 N–H and O–H groups in total. The van der Waals surface area contributed by atoms with Gasteiger partial charge in [-0.15, -0.1) is 0 Å². The van der Waals surface area contributed by atoms with Crippen LogP contribution in [0.15, 0.2) is 24.3 Å². The summed E-state index contributed by atoms with van der Waals surface area (Å²) in [6, 6.07) is 8.68. The van der Waals surface area contributed by atoms with Gasteiger partial charge in [0, 0.05) is 9.13 Å². The molecule has 2 nitrogen and oxygen atoms in total. The summed E-state index contributed by atoms with van der Waals surface area (Å²) in [5.41, 5.74) is 1.36. The fraction of sp³-hybridized carbons (Fsp3) is 0.538. The van der Waals surface area contributed by atoms with E-state index in [4.69, 9.17) is 5.11 Å². The standard InChI is InChI=1S/C13H21INO/c1-3-15(4-2,9-10-16)11-12-5-7-13(14)8-6-12/h5-8,16H,3-4,9-11H2,1-2H3/q+1. The Morgan fingerprint density at radius 2 is 1.69 bits per heavy atom. The minimum Gasteiger partial charge on any atom is -0.391 e. The van der Waals surface area contributed by atoms with Gasteiger partial charge in [0.05, 0.1) is 19.7 Å². The minimum absolute atomic E-state index is 0.270. The first-order valence-electron chi connectivity index (χ1n) is 5.86. The molecule has 0 amide bonds. The summed E-state index contributed by atoms with van der Waals surface area (Å²) in [6.45, 7) is 8.68. The molecule has 0 bridgehead atoms. The van der Waals surface area contributed by atoms with Crippen LogP contribution in [-0.4, -0.2) is 35.8 Å². The van der Waals surface area contributed by atoms with Gasteiger partial charge < -0.3 is 9.59 Å². The van der Waals surface area contributed by atoms with Crippen molar-refractivity contribution in [2.75, 3.05) is 26.2 Å². The zero-order valence-electron chi connectivity index (χ0n) is 10.1. The molecule has 0 spiro atoms. The molecule has 0 aromatic heterocycles. The maximum atomic E-state index is 9.17. The number of benzene rings is 1. The van der Waals surface area contributed by atoms with E-state index in [-0.39, 0.29) is 6.61 Å². The van der Waals surface area contributed by atoms with Crippen molar-refractivity contribution in [3.05, 3.63) is 33.4 Å². The Balaban J connectivity index is 2.78. The highest BCUT2D eigenvalue weighted by atomic mass is 127. The molecular weight excluding hydrogens is 313 g/mol. The number of hydrogen-bond donors (Lipinski definition) is 1. The van der Waals surface area contributed by atoms with Crippen molar-refractivity contribution in [3.8, 4) is 0 Å². The number of nitrogens with zero attached hydrogens (tertiary/aromatic N) is 1. The molecule has 0 saturated heterocycles. The van der Waals surface area contributed by atoms with E-state index < -0.39 is 0 Å². The van der Waals surface area contributed by atoms with E-state index in [0.717, 1.165) is 30.7 Å². The predicted octanol–water partition coefficient (Wildman–Crippen LogP) is 2.64. The lowest BCUT2D eigenvalue weighted by atomic mass is 10.2. The highest BCUT2D eigenvalue weighted by Crippen LogP contribution is 2.15. The van der Waals surface area contributed by atoms with Gasteiger partial charge in [-0.1, -0.05) is 12.1 Å². The first-order valence-corrected chi connectivity index (χ1v) is 6.94. The summed E-state index contributed by atoms with van der Waals surface area (Å²) in [4.78, 5) is 0. The molecule has 0 radical (unpaired) electrons. The first kappa shape index (κ1) is 13.9. The molecule has 1 rings (SSSR count). The molecule has 90 valence electrons. The van der Waals surface area contributed by atoms with Crippen LogP contribution in [0.4, 0.5) is 0 Å². The normalized spacial score (nSPS) is 11.8. The van der Waals surface area contributed by atoms with Crippen molar-refractivity contribution in [3.63, 3.8) is 0 Å². The summed E-state index contributed by atoms with van der Waals surface area (Å²) >= 11 is 2.32. The van der Waals surface area contributed by atoms with Crippen molar-refractivity contribution in [2.45, 2.75) is 20.4 Å². The van der Waals surface area contributed by atoms with Crippen LogP contribution < -0.4 is 0 Å². The fourth-order valence-electron chi connectivity index (χ4n) is 2.03. The lowest BCUT2D eigenvalue weighted by molar-refractivity contribution is -0.938. The van der Waals surface area contributed by atoms with E-state index in [0.29, 0.717) is 0 Å². The van der Waals surface area contributed by atoms with Gasteiger partial charge in [-0.05, 0) is 48.6 Å². The average Bonchev–Trinajstić information content (AvgIpc) is 2.31. The SMILES string of the molecule is CC[N+](CC)(CCO)Cc1ccc(I)cc1. The molecule has 0 aliphatic carbocycles. The zero-order chi connectivity index (χ0) is 12.0. The second kappa shape index (κ2) is 6.57. The van der Waals surface area contributed by atoms with Gasteiger partial charge >= 0.3 is 0 Å². The summed E-state index contributed by atoms with van der Waals surface area (Å²) in [6.07, 6.45) is 0. The fourth-order valence-corrected chi connectivity index (χ4v) is 2.39. The Morgan fingerprint density at radius 1 is 1.12 bits per heavy atom. The molecule has 1 aromatic carbocycles. The number of likely N-dealkylation sites (N-methyl/N-ethyl adjacent to an activating group) is 1. The second-order valence-corrected chi connectivity index (χ2v) is 5.45. The van der Waals surface area contributed by atoms with Crippen molar-refractivity contribution in [1.29, 1.82) is 0 Å². The number of rotatable bonds is 6. The van der Waals surface area contributed by atoms with Gasteiger partial charge in [0.15, 0.2) is 0 Å². The monoisotopic (exact) mass is 334 g/mol. The maximum Gasteiger partial charge on any atom is 0.104 e. The molecule has 3 heteroatoms. The summed E-state index contributed by atoms with van der Waals surface area (Å²) in [5.74, 6) is 0. The van der Waals surface area contributed by atoms with E-state index in [1.165, 1.54) is 9.13 Å². The van der Waals surface area contributed by atoms with Crippen molar-refractivity contribution in [2.24, 2.45) is 0 Å². The van der Waals surface area contributed by atoms with Gasteiger partial charge in [0.2, 0.25) is 0 Å². The van der Waals surface area contributed by atoms with Gasteiger partial charge in [-0.2, -0.15) is 0 Å². The Morgan fingerprint density at radius 3 is 2.12 bits per heavy atom. The summed E-state index contributed by atoms with van der Waals surface area (Å²) in [5, 5.41) is 9.17. The van der Waals surface area contributed by atoms with Gasteiger partial charge in [0.25, 0.3) is 0 Å². The van der Waals surface area contributed by atoms with Crippen LogP contribution in [0, 0.1) is 3.57 Å². The van der Waals surface area contributed by atoms with Crippen molar-refractivity contribution < 1.29 is 9.59 Å². The highest BCUT2D eigenvalue weighted by Gasteiger charge is 2.22. The average molecular weight is 334 g/mol. The molecule has 0 heterocycles. The summed E-state index contributed by atoms with van der Waals surface area (Å²) in [7, 11) is 0. The van der Waals surface area contributed by atoms with Gasteiger partial charge in [-0.3, -0.25) is 0 Å². The third-order valence-electron chi connectivity index (χ3n) is 3.35. The Bertz CT molecular complexity index is 306. The molecular formula is C13H21INO+. The second-order valence-electron chi connectivity index (χ2n) is 4.21. The number of aliphatic hydroxyl groups is 1. The van der Waals surface area contributed by atoms with Crippen LogP contribution in [0.1, 0.15) is 19.4 Å². The van der Waals surface area contributed by atoms with E-state index in [9.17, 15) is 0 Å². The molecule has 1 aromatic rings. The molecule has 0 unspecified atom stereocenters. The number of quaternary nitrogens is 1. The molecule has 0 fully saturated rings. The van der Waals surface area contributed by atoms with Crippen LogP contribution in [0.2, 0.25) is 0 Å². The zero-order valence-corrected chi connectivity index (χ0v) is 12.3. The maximum absolute atomic E-state index is 9.17. The molecule has 0 aliphatic heterocycles. The van der Waals surface area contributed by atoms with Crippen LogP contribution in [0.5, 0.6) is 0 Å². The third-order valence-corrected chi connectivity index (χ3v) is 4.07. The van der Waals surface area contributed by atoms with Crippen LogP contribution in [0.25, 0.3) is 0 Å². The topological polar surface area (TPSA) is 20.2 Å². The van der Waals surface area contributed by atoms with Crippen LogP contribution >= 0.6 is 22.6 Å². The Labute approximate surface area is 112 Å². The third kappa shape index (κ3) is 3.71. The Hall–Kier alpha value is -0.130. The predicted molar refractivity (Wildman–Crippen MR) is 76.2 cm³/mol. The number of aliphatic hydroxyl groups excluding tert-OH is 1. The van der Waals surface area contributed by atoms with Gasteiger partial charge in [0.1, 0.15) is 13.1 Å². The molecule has 0 aliphatic rings. The Kier molecular flexibility index (Phi) is 5.72. The largest absolute Gasteiger partial charge is 0.391 e. The quantitative estimate of drug-likeness (QED) is 0.626. The van der Waals surface area contributed by atoms with Gasteiger partial charge in [-0.25, -0.2) is 0 Å². The van der Waals surface area contributed by atoms with E-state index in [2.05, 4.69) is 60.7 Å². The van der Waals surface area contributed by atoms with Crippen LogP contribution in [-0.2, 0) is 6.54 Å². The molecule has 0 saturated carbocycles. The minimum atomic E-state index is 0.270. The van der Waals surface area contributed by atoms with Crippen molar-refractivity contribution >= 4 is 22.6 Å². The smallest absolute Gasteiger partial charge is 0.104 e. The lowest BCUT2D eigenvalue weighted by Crippen LogP contribution is -2.48. The van der Waals surface area contributed by atoms with E-state index in [1.54, 1.807) is 0 Å². The van der Waals surface area contributed by atoms with Crippen molar-refractivity contribution in [1.82, 2.24) is 0 Å². The van der Waals surface area contributed by atoms with E-state index >= 15 is 0 Å². The lowest BCUT2D eigenvalue weighted by Gasteiger charge is -2.36. The first-order chi connectivity index (χ1) is 7.65. The summed E-state index contributed by atoms with van der Waals surface area (Å²) < 4.78 is 2.24. The highest BCUT2D eigenvalue weighted by molar-refractivity contribution is 14.1. The molecule has 0 atom stereocenters. The van der Waals surface area contributed by atoms with E-state index in [1.807, 2.05) is 0 Å². The number of hydrogen-bond acceptors (Lipinski definition) is 1.